The van der Waals surface area contributed by atoms with E-state index in [0.29, 0.717) is 42.9 Å². The molecule has 3 heterocycles. The minimum atomic E-state index is -0.419. The lowest BCUT2D eigenvalue weighted by Gasteiger charge is -2.32. The van der Waals surface area contributed by atoms with Crippen molar-refractivity contribution in [1.82, 2.24) is 15.3 Å². The summed E-state index contributed by atoms with van der Waals surface area (Å²) in [6.07, 6.45) is 7.56. The molecule has 1 saturated carbocycles. The smallest absolute Gasteiger partial charge is 0.126 e. The maximum absolute atomic E-state index is 9.72. The van der Waals surface area contributed by atoms with E-state index in [0.717, 1.165) is 68.0 Å². The molecule has 0 bridgehead atoms. The Balaban J connectivity index is 1.37. The predicted octanol–water partition coefficient (Wildman–Crippen LogP) is 4.88. The monoisotopic (exact) mass is 512 g/mol. The van der Waals surface area contributed by atoms with Crippen LogP contribution in [0.25, 0.3) is 11.3 Å². The third kappa shape index (κ3) is 7.07. The normalized spacial score (nSPS) is 22.4. The molecule has 3 N–H and O–H groups in total. The van der Waals surface area contributed by atoms with Gasteiger partial charge in [-0.15, -0.1) is 0 Å². The summed E-state index contributed by atoms with van der Waals surface area (Å²) in [7, 11) is 1.74. The van der Waals surface area contributed by atoms with Crippen LogP contribution < -0.4 is 16.0 Å². The molecule has 0 spiro atoms. The zero-order valence-electron chi connectivity index (χ0n) is 21.2. The summed E-state index contributed by atoms with van der Waals surface area (Å²) in [5, 5.41) is 20.9. The minimum absolute atomic E-state index is 0.366. The number of aromatic nitrogens is 2. The average Bonchev–Trinajstić information content (AvgIpc) is 2.90. The molecule has 8 nitrogen and oxygen atoms in total. The van der Waals surface area contributed by atoms with Gasteiger partial charge in [-0.05, 0) is 63.6 Å². The molecule has 9 heteroatoms. The van der Waals surface area contributed by atoms with Crippen LogP contribution in [0.4, 0.5) is 11.6 Å². The van der Waals surface area contributed by atoms with Crippen LogP contribution in [0.3, 0.4) is 0 Å². The van der Waals surface area contributed by atoms with Gasteiger partial charge in [0.15, 0.2) is 0 Å². The van der Waals surface area contributed by atoms with Crippen molar-refractivity contribution in [1.29, 1.82) is 5.26 Å². The molecular weight excluding hydrogens is 476 g/mol. The Morgan fingerprint density at radius 3 is 2.67 bits per heavy atom. The van der Waals surface area contributed by atoms with Crippen molar-refractivity contribution in [3.8, 4) is 17.3 Å². The van der Waals surface area contributed by atoms with E-state index in [4.69, 9.17) is 26.1 Å². The first-order valence-corrected chi connectivity index (χ1v) is 13.3. The summed E-state index contributed by atoms with van der Waals surface area (Å²) in [6, 6.07) is 11.6. The van der Waals surface area contributed by atoms with E-state index >= 15 is 0 Å². The highest BCUT2D eigenvalue weighted by Gasteiger charge is 2.32. The number of nitriles is 1. The molecule has 0 unspecified atom stereocenters. The van der Waals surface area contributed by atoms with Crippen molar-refractivity contribution in [3.63, 3.8) is 0 Å². The second-order valence-corrected chi connectivity index (χ2v) is 10.4. The molecule has 4 rings (SSSR count). The van der Waals surface area contributed by atoms with Gasteiger partial charge in [-0.25, -0.2) is 9.97 Å². The number of methoxy groups -OCH3 is 1. The predicted molar refractivity (Wildman–Crippen MR) is 143 cm³/mol. The number of nitrogens with one attached hydrogen (secondary N) is 3. The summed E-state index contributed by atoms with van der Waals surface area (Å²) >= 11 is 6.54. The number of halogens is 1. The summed E-state index contributed by atoms with van der Waals surface area (Å²) in [5.41, 5.74) is 1.19. The average molecular weight is 513 g/mol. The van der Waals surface area contributed by atoms with Crippen LogP contribution >= 0.6 is 11.6 Å². The molecule has 0 radical (unpaired) electrons. The van der Waals surface area contributed by atoms with Gasteiger partial charge in [-0.2, -0.15) is 5.26 Å². The molecule has 36 heavy (non-hydrogen) atoms. The third-order valence-electron chi connectivity index (χ3n) is 7.19. The Kier molecular flexibility index (Phi) is 9.38. The van der Waals surface area contributed by atoms with Gasteiger partial charge >= 0.3 is 0 Å². The fourth-order valence-electron chi connectivity index (χ4n) is 5.06. The zero-order valence-corrected chi connectivity index (χ0v) is 22.0. The second kappa shape index (κ2) is 12.7. The lowest BCUT2D eigenvalue weighted by Crippen LogP contribution is -2.42. The van der Waals surface area contributed by atoms with Crippen LogP contribution in [0.1, 0.15) is 45.4 Å². The van der Waals surface area contributed by atoms with E-state index in [1.54, 1.807) is 13.3 Å². The highest BCUT2D eigenvalue weighted by atomic mass is 35.5. The van der Waals surface area contributed by atoms with E-state index in [1.807, 2.05) is 24.3 Å². The van der Waals surface area contributed by atoms with Crippen LogP contribution in [0.5, 0.6) is 0 Å². The second-order valence-electron chi connectivity index (χ2n) is 10.0. The van der Waals surface area contributed by atoms with Gasteiger partial charge in [0.2, 0.25) is 0 Å². The number of nitrogens with zero attached hydrogens (tertiary/aromatic N) is 3. The molecule has 2 aliphatic rings. The van der Waals surface area contributed by atoms with Crippen molar-refractivity contribution < 1.29 is 9.47 Å². The Morgan fingerprint density at radius 1 is 1.19 bits per heavy atom. The highest BCUT2D eigenvalue weighted by Crippen LogP contribution is 2.32. The van der Waals surface area contributed by atoms with Gasteiger partial charge in [0.05, 0.1) is 28.8 Å². The molecule has 1 aliphatic carbocycles. The molecule has 1 atom stereocenters. The van der Waals surface area contributed by atoms with Crippen molar-refractivity contribution >= 4 is 23.2 Å². The fraction of sp³-hybridized carbons (Fsp3) is 0.593. The van der Waals surface area contributed by atoms with E-state index in [9.17, 15) is 5.26 Å². The van der Waals surface area contributed by atoms with E-state index in [1.165, 1.54) is 0 Å². The van der Waals surface area contributed by atoms with Gasteiger partial charge < -0.3 is 25.4 Å². The zero-order chi connectivity index (χ0) is 25.4. The fourth-order valence-corrected chi connectivity index (χ4v) is 5.26. The van der Waals surface area contributed by atoms with Crippen molar-refractivity contribution in [3.05, 3.63) is 35.5 Å². The summed E-state index contributed by atoms with van der Waals surface area (Å²) < 4.78 is 10.7. The summed E-state index contributed by atoms with van der Waals surface area (Å²) in [5.74, 6) is 1.54. The Morgan fingerprint density at radius 2 is 1.94 bits per heavy atom. The van der Waals surface area contributed by atoms with Crippen LogP contribution in [-0.2, 0) is 9.47 Å². The van der Waals surface area contributed by atoms with Crippen molar-refractivity contribution in [2.75, 3.05) is 44.1 Å². The van der Waals surface area contributed by atoms with Gasteiger partial charge in [-0.1, -0.05) is 17.7 Å². The molecule has 0 aromatic carbocycles. The number of ether oxygens (including phenoxy) is 2. The van der Waals surface area contributed by atoms with Gasteiger partial charge in [-0.3, -0.25) is 0 Å². The Labute approximate surface area is 219 Å². The first kappa shape index (κ1) is 26.6. The quantitative estimate of drug-likeness (QED) is 0.414. The van der Waals surface area contributed by atoms with E-state index in [2.05, 4.69) is 33.9 Å². The van der Waals surface area contributed by atoms with Gasteiger partial charge in [0.25, 0.3) is 0 Å². The Hall–Kier alpha value is -2.44. The largest absolute Gasteiger partial charge is 0.383 e. The van der Waals surface area contributed by atoms with Gasteiger partial charge in [0, 0.05) is 56.8 Å². The SMILES string of the molecule is COC[C@H](C)N[C@H]1CC[C@@H](Nc2cc(-c3cccc(NCC4(C#N)CCOCC4)n3)c(Cl)cn2)CC1. The van der Waals surface area contributed by atoms with Crippen LogP contribution in [-0.4, -0.2) is 61.6 Å². The standard InChI is InChI=1S/C27H37ClN6O2/c1-19(16-35-2)32-20-6-8-21(9-7-20)33-26-14-22(23(28)15-30-26)24-4-3-5-25(34-24)31-18-27(17-29)10-12-36-13-11-27/h3-5,14-15,19-21,32H,6-13,16,18H2,1-2H3,(H,30,33)(H,31,34)/t19-,20-,21+/m0/s1. The Bertz CT molecular complexity index is 1030. The first-order chi connectivity index (χ1) is 17.5. The number of hydrogen-bond donors (Lipinski definition) is 3. The molecule has 2 aromatic rings. The number of hydrogen-bond acceptors (Lipinski definition) is 8. The van der Waals surface area contributed by atoms with Crippen LogP contribution in [0.2, 0.25) is 5.02 Å². The summed E-state index contributed by atoms with van der Waals surface area (Å²) in [6.45, 7) is 4.68. The van der Waals surface area contributed by atoms with Crippen LogP contribution in [0.15, 0.2) is 30.5 Å². The first-order valence-electron chi connectivity index (χ1n) is 12.9. The molecule has 194 valence electrons. The van der Waals surface area contributed by atoms with E-state index in [-0.39, 0.29) is 0 Å². The molecule has 2 aromatic heterocycles. The number of rotatable bonds is 10. The molecule has 0 amide bonds. The van der Waals surface area contributed by atoms with Gasteiger partial charge in [0.1, 0.15) is 11.6 Å². The topological polar surface area (TPSA) is 104 Å². The molecule has 1 aliphatic heterocycles. The number of pyridine rings is 2. The third-order valence-corrected chi connectivity index (χ3v) is 7.49. The van der Waals surface area contributed by atoms with Crippen molar-refractivity contribution in [2.45, 2.75) is 63.6 Å². The van der Waals surface area contributed by atoms with E-state index < -0.39 is 5.41 Å². The van der Waals surface area contributed by atoms with Crippen LogP contribution in [0, 0.1) is 16.7 Å². The lowest BCUT2D eigenvalue weighted by atomic mass is 9.82. The molecule has 2 fully saturated rings. The maximum atomic E-state index is 9.72. The maximum Gasteiger partial charge on any atom is 0.126 e. The lowest BCUT2D eigenvalue weighted by molar-refractivity contribution is 0.0455. The van der Waals surface area contributed by atoms with Crippen molar-refractivity contribution in [2.24, 2.45) is 5.41 Å². The number of anilines is 2. The minimum Gasteiger partial charge on any atom is -0.383 e. The molecular formula is C27H37ClN6O2. The molecule has 1 saturated heterocycles. The highest BCUT2D eigenvalue weighted by molar-refractivity contribution is 6.33. The summed E-state index contributed by atoms with van der Waals surface area (Å²) in [4.78, 5) is 9.31.